The summed E-state index contributed by atoms with van der Waals surface area (Å²) in [4.78, 5) is 12.5. The molecule has 5 heteroatoms. The fraction of sp³-hybridized carbons (Fsp3) is 0.300. The van der Waals surface area contributed by atoms with Crippen molar-refractivity contribution in [2.45, 2.75) is 12.5 Å². The van der Waals surface area contributed by atoms with Gasteiger partial charge < -0.3 is 20.2 Å². The number of likely N-dealkylation sites (N-methyl/N-ethyl adjacent to an activating group) is 1. The van der Waals surface area contributed by atoms with Crippen molar-refractivity contribution < 1.29 is 20.1 Å². The zero-order valence-electron chi connectivity index (χ0n) is 8.14. The highest BCUT2D eigenvalue weighted by Gasteiger charge is 2.32. The van der Waals surface area contributed by atoms with Crippen LogP contribution in [0.3, 0.4) is 0 Å². The Hall–Kier alpha value is -1.91. The van der Waals surface area contributed by atoms with Crippen LogP contribution in [0.4, 0.5) is 5.69 Å². The maximum absolute atomic E-state index is 10.9. The maximum Gasteiger partial charge on any atom is 0.326 e. The van der Waals surface area contributed by atoms with Gasteiger partial charge in [-0.1, -0.05) is 0 Å². The first-order valence-electron chi connectivity index (χ1n) is 4.51. The third-order valence-electron chi connectivity index (χ3n) is 2.72. The lowest BCUT2D eigenvalue weighted by Crippen LogP contribution is -2.35. The van der Waals surface area contributed by atoms with Crippen LogP contribution in [0.5, 0.6) is 11.5 Å². The minimum Gasteiger partial charge on any atom is -0.504 e. The SMILES string of the molecule is CN1c2cc(O)c(O)cc2CC1C(=O)O. The molecule has 0 fully saturated rings. The largest absolute Gasteiger partial charge is 0.504 e. The quantitative estimate of drug-likeness (QED) is 0.588. The number of carbonyl (C=O) groups is 1. The van der Waals surface area contributed by atoms with E-state index in [-0.39, 0.29) is 11.5 Å². The highest BCUT2D eigenvalue weighted by atomic mass is 16.4. The Balaban J connectivity index is 2.45. The fourth-order valence-electron chi connectivity index (χ4n) is 1.87. The molecule has 5 nitrogen and oxygen atoms in total. The van der Waals surface area contributed by atoms with Crippen LogP contribution in [-0.2, 0) is 11.2 Å². The molecule has 1 aliphatic heterocycles. The van der Waals surface area contributed by atoms with Crippen molar-refractivity contribution in [3.05, 3.63) is 17.7 Å². The number of hydrogen-bond acceptors (Lipinski definition) is 4. The number of nitrogens with zero attached hydrogens (tertiary/aromatic N) is 1. The number of phenolic OH excluding ortho intramolecular Hbond substituents is 2. The van der Waals surface area contributed by atoms with E-state index in [0.29, 0.717) is 12.1 Å². The number of carboxylic acid groups (broad SMARTS) is 1. The molecule has 1 aromatic carbocycles. The van der Waals surface area contributed by atoms with Gasteiger partial charge in [0.2, 0.25) is 0 Å². The van der Waals surface area contributed by atoms with Crippen LogP contribution in [0.2, 0.25) is 0 Å². The van der Waals surface area contributed by atoms with Gasteiger partial charge in [-0.15, -0.1) is 0 Å². The molecular weight excluding hydrogens is 198 g/mol. The molecule has 0 bridgehead atoms. The van der Waals surface area contributed by atoms with Crippen molar-refractivity contribution in [1.29, 1.82) is 0 Å². The molecule has 0 radical (unpaired) electrons. The van der Waals surface area contributed by atoms with E-state index in [4.69, 9.17) is 5.11 Å². The van der Waals surface area contributed by atoms with Crippen molar-refractivity contribution in [3.8, 4) is 11.5 Å². The fourth-order valence-corrected chi connectivity index (χ4v) is 1.87. The van der Waals surface area contributed by atoms with Gasteiger partial charge >= 0.3 is 5.97 Å². The Bertz CT molecular complexity index is 430. The summed E-state index contributed by atoms with van der Waals surface area (Å²) in [6, 6.07) is 2.17. The Morgan fingerprint density at radius 1 is 1.40 bits per heavy atom. The van der Waals surface area contributed by atoms with Gasteiger partial charge in [0.15, 0.2) is 11.5 Å². The maximum atomic E-state index is 10.9. The number of phenols is 2. The van der Waals surface area contributed by atoms with Crippen molar-refractivity contribution in [2.75, 3.05) is 11.9 Å². The van der Waals surface area contributed by atoms with E-state index < -0.39 is 12.0 Å². The van der Waals surface area contributed by atoms with Crippen LogP contribution < -0.4 is 4.90 Å². The topological polar surface area (TPSA) is 81.0 Å². The van der Waals surface area contributed by atoms with Crippen LogP contribution in [0.15, 0.2) is 12.1 Å². The number of aromatic hydroxyl groups is 2. The first-order valence-corrected chi connectivity index (χ1v) is 4.51. The summed E-state index contributed by atoms with van der Waals surface area (Å²) in [6.07, 6.45) is 0.342. The lowest BCUT2D eigenvalue weighted by Gasteiger charge is -2.18. The number of rotatable bonds is 1. The lowest BCUT2D eigenvalue weighted by molar-refractivity contribution is -0.138. The smallest absolute Gasteiger partial charge is 0.326 e. The van der Waals surface area contributed by atoms with Gasteiger partial charge in [0.05, 0.1) is 0 Å². The van der Waals surface area contributed by atoms with Gasteiger partial charge in [0.1, 0.15) is 6.04 Å². The van der Waals surface area contributed by atoms with Crippen LogP contribution >= 0.6 is 0 Å². The van der Waals surface area contributed by atoms with Crippen LogP contribution in [0, 0.1) is 0 Å². The van der Waals surface area contributed by atoms with Crippen LogP contribution in [0.25, 0.3) is 0 Å². The number of hydrogen-bond donors (Lipinski definition) is 3. The Kier molecular flexibility index (Phi) is 1.96. The Labute approximate surface area is 86.2 Å². The zero-order valence-corrected chi connectivity index (χ0v) is 8.14. The predicted octanol–water partition coefficient (Wildman–Crippen LogP) is 0.543. The van der Waals surface area contributed by atoms with Gasteiger partial charge in [-0.25, -0.2) is 4.79 Å². The molecule has 0 saturated heterocycles. The third-order valence-corrected chi connectivity index (χ3v) is 2.72. The summed E-state index contributed by atoms with van der Waals surface area (Å²) in [5, 5.41) is 27.5. The molecule has 0 saturated carbocycles. The second kappa shape index (κ2) is 3.05. The van der Waals surface area contributed by atoms with Gasteiger partial charge in [0.25, 0.3) is 0 Å². The first kappa shape index (κ1) is 9.64. The molecular formula is C10H11NO4. The predicted molar refractivity (Wildman–Crippen MR) is 53.3 cm³/mol. The molecule has 1 aliphatic rings. The number of anilines is 1. The normalized spacial score (nSPS) is 19.0. The molecule has 80 valence electrons. The van der Waals surface area contributed by atoms with Crippen molar-refractivity contribution in [2.24, 2.45) is 0 Å². The Morgan fingerprint density at radius 3 is 2.60 bits per heavy atom. The minimum absolute atomic E-state index is 0.215. The molecule has 3 N–H and O–H groups in total. The second-order valence-electron chi connectivity index (χ2n) is 3.64. The summed E-state index contributed by atoms with van der Waals surface area (Å²) in [6.45, 7) is 0. The third kappa shape index (κ3) is 1.36. The van der Waals surface area contributed by atoms with Crippen LogP contribution in [-0.4, -0.2) is 34.4 Å². The standard InChI is InChI=1S/C10H11NO4/c1-11-6-4-9(13)8(12)3-5(6)2-7(11)10(14)15/h3-4,7,12-13H,2H2,1H3,(H,14,15). The van der Waals surface area contributed by atoms with Crippen molar-refractivity contribution >= 4 is 11.7 Å². The molecule has 1 atom stereocenters. The highest BCUT2D eigenvalue weighted by Crippen LogP contribution is 2.38. The molecule has 0 spiro atoms. The monoisotopic (exact) mass is 209 g/mol. The molecule has 0 amide bonds. The summed E-state index contributed by atoms with van der Waals surface area (Å²) in [5.41, 5.74) is 1.39. The summed E-state index contributed by atoms with van der Waals surface area (Å²) < 4.78 is 0. The van der Waals surface area contributed by atoms with Gasteiger partial charge in [-0.2, -0.15) is 0 Å². The van der Waals surface area contributed by atoms with E-state index in [2.05, 4.69) is 0 Å². The van der Waals surface area contributed by atoms with E-state index >= 15 is 0 Å². The summed E-state index contributed by atoms with van der Waals surface area (Å²) in [7, 11) is 1.65. The molecule has 1 unspecified atom stereocenters. The molecule has 1 heterocycles. The molecule has 0 aromatic heterocycles. The van der Waals surface area contributed by atoms with Crippen LogP contribution in [0.1, 0.15) is 5.56 Å². The van der Waals surface area contributed by atoms with Gasteiger partial charge in [-0.3, -0.25) is 0 Å². The summed E-state index contributed by atoms with van der Waals surface area (Å²) in [5.74, 6) is -1.35. The second-order valence-corrected chi connectivity index (χ2v) is 3.64. The molecule has 1 aromatic rings. The van der Waals surface area contributed by atoms with Crippen molar-refractivity contribution in [1.82, 2.24) is 0 Å². The average molecular weight is 209 g/mol. The molecule has 2 rings (SSSR count). The van der Waals surface area contributed by atoms with Gasteiger partial charge in [0, 0.05) is 25.2 Å². The lowest BCUT2D eigenvalue weighted by atomic mass is 10.1. The minimum atomic E-state index is -0.910. The molecule has 15 heavy (non-hydrogen) atoms. The van der Waals surface area contributed by atoms with Crippen molar-refractivity contribution in [3.63, 3.8) is 0 Å². The Morgan fingerprint density at radius 2 is 2.00 bits per heavy atom. The summed E-state index contributed by atoms with van der Waals surface area (Å²) >= 11 is 0. The first-order chi connectivity index (χ1) is 7.00. The van der Waals surface area contributed by atoms with Gasteiger partial charge in [-0.05, 0) is 11.6 Å². The van der Waals surface area contributed by atoms with E-state index in [1.807, 2.05) is 0 Å². The average Bonchev–Trinajstić information content (AvgIpc) is 2.46. The molecule has 0 aliphatic carbocycles. The van der Waals surface area contributed by atoms with E-state index in [0.717, 1.165) is 5.56 Å². The zero-order chi connectivity index (χ0) is 11.2. The number of carboxylic acids is 1. The van der Waals surface area contributed by atoms with E-state index in [1.54, 1.807) is 11.9 Å². The number of benzene rings is 1. The highest BCUT2D eigenvalue weighted by molar-refractivity contribution is 5.83. The number of aliphatic carboxylic acids is 1. The van der Waals surface area contributed by atoms with E-state index in [1.165, 1.54) is 12.1 Å². The number of fused-ring (bicyclic) bond motifs is 1. The van der Waals surface area contributed by atoms with E-state index in [9.17, 15) is 15.0 Å².